The minimum absolute atomic E-state index is 0.0262. The Bertz CT molecular complexity index is 607. The first-order valence-electron chi connectivity index (χ1n) is 5.26. The summed E-state index contributed by atoms with van der Waals surface area (Å²) < 4.78 is 18.4. The largest absolute Gasteiger partial charge is 0.489 e. The molecule has 4 heteroatoms. The monoisotopic (exact) mass is 261 g/mol. The molecular formula is C14H9ClFNO. The molecule has 0 atom stereocenters. The smallest absolute Gasteiger partial charge is 0.142 e. The maximum absolute atomic E-state index is 12.9. The lowest BCUT2D eigenvalue weighted by molar-refractivity contribution is 0.306. The summed E-state index contributed by atoms with van der Waals surface area (Å²) in [6.07, 6.45) is 0. The van der Waals surface area contributed by atoms with Crippen LogP contribution in [0.5, 0.6) is 5.75 Å². The quantitative estimate of drug-likeness (QED) is 0.839. The molecule has 0 aromatic heterocycles. The van der Waals surface area contributed by atoms with Crippen LogP contribution < -0.4 is 4.74 Å². The maximum Gasteiger partial charge on any atom is 0.142 e. The fourth-order valence-electron chi connectivity index (χ4n) is 1.46. The van der Waals surface area contributed by atoms with E-state index < -0.39 is 5.82 Å². The lowest BCUT2D eigenvalue weighted by Gasteiger charge is -2.07. The van der Waals surface area contributed by atoms with Crippen LogP contribution in [-0.2, 0) is 6.61 Å². The van der Waals surface area contributed by atoms with E-state index in [9.17, 15) is 4.39 Å². The number of nitriles is 1. The van der Waals surface area contributed by atoms with Gasteiger partial charge in [-0.1, -0.05) is 23.7 Å². The molecule has 0 saturated heterocycles. The first kappa shape index (κ1) is 12.4. The summed E-state index contributed by atoms with van der Waals surface area (Å²) in [6, 6.07) is 13.3. The minimum atomic E-state index is -0.476. The summed E-state index contributed by atoms with van der Waals surface area (Å²) in [5.74, 6) is 0.0132. The molecule has 0 bridgehead atoms. The molecule has 0 N–H and O–H groups in total. The Balaban J connectivity index is 2.07. The van der Waals surface area contributed by atoms with E-state index in [4.69, 9.17) is 21.6 Å². The van der Waals surface area contributed by atoms with E-state index in [1.54, 1.807) is 18.2 Å². The van der Waals surface area contributed by atoms with Crippen molar-refractivity contribution in [2.45, 2.75) is 6.61 Å². The van der Waals surface area contributed by atoms with Gasteiger partial charge in [0.25, 0.3) is 0 Å². The van der Waals surface area contributed by atoms with Crippen molar-refractivity contribution in [2.75, 3.05) is 0 Å². The molecule has 0 spiro atoms. The zero-order valence-corrected chi connectivity index (χ0v) is 10.1. The summed E-state index contributed by atoms with van der Waals surface area (Å²) in [4.78, 5) is 0. The third-order valence-electron chi connectivity index (χ3n) is 2.35. The van der Waals surface area contributed by atoms with E-state index >= 15 is 0 Å². The maximum atomic E-state index is 12.9. The summed E-state index contributed by atoms with van der Waals surface area (Å²) in [7, 11) is 0. The van der Waals surface area contributed by atoms with Crippen LogP contribution in [0.2, 0.25) is 5.02 Å². The molecule has 0 unspecified atom stereocenters. The van der Waals surface area contributed by atoms with Gasteiger partial charge in [0, 0.05) is 6.07 Å². The van der Waals surface area contributed by atoms with E-state index in [0.717, 1.165) is 5.56 Å². The van der Waals surface area contributed by atoms with E-state index in [0.29, 0.717) is 17.9 Å². The fourth-order valence-corrected chi connectivity index (χ4v) is 1.63. The predicted octanol–water partition coefficient (Wildman–Crippen LogP) is 3.93. The molecule has 90 valence electrons. The fraction of sp³-hybridized carbons (Fsp3) is 0.0714. The van der Waals surface area contributed by atoms with Gasteiger partial charge in [-0.3, -0.25) is 0 Å². The number of hydrogen-bond acceptors (Lipinski definition) is 2. The molecule has 2 nitrogen and oxygen atoms in total. The van der Waals surface area contributed by atoms with Crippen LogP contribution in [0.15, 0.2) is 42.5 Å². The molecule has 0 aliphatic carbocycles. The van der Waals surface area contributed by atoms with Gasteiger partial charge in [0.05, 0.1) is 16.7 Å². The Morgan fingerprint density at radius 1 is 1.22 bits per heavy atom. The number of rotatable bonds is 3. The van der Waals surface area contributed by atoms with Gasteiger partial charge >= 0.3 is 0 Å². The van der Waals surface area contributed by atoms with Crippen LogP contribution in [0.1, 0.15) is 11.1 Å². The highest BCUT2D eigenvalue weighted by Gasteiger charge is 2.02. The standard InChI is InChI=1S/C14H9ClFNO/c15-13-7-12(4-5-14(13)16)18-9-11-3-1-2-10(6-11)8-17/h1-7H,9H2. The molecule has 2 aromatic rings. The van der Waals surface area contributed by atoms with Crippen molar-refractivity contribution in [1.82, 2.24) is 0 Å². The molecule has 0 heterocycles. The van der Waals surface area contributed by atoms with Crippen molar-refractivity contribution < 1.29 is 9.13 Å². The summed E-state index contributed by atoms with van der Waals surface area (Å²) >= 11 is 5.65. The molecule has 0 amide bonds. The number of nitrogens with zero attached hydrogens (tertiary/aromatic N) is 1. The highest BCUT2D eigenvalue weighted by atomic mass is 35.5. The summed E-state index contributed by atoms with van der Waals surface area (Å²) in [5.41, 5.74) is 1.45. The Kier molecular flexibility index (Phi) is 3.81. The van der Waals surface area contributed by atoms with Crippen LogP contribution >= 0.6 is 11.6 Å². The van der Waals surface area contributed by atoms with Crippen LogP contribution in [-0.4, -0.2) is 0 Å². The van der Waals surface area contributed by atoms with Crippen LogP contribution in [0, 0.1) is 17.1 Å². The van der Waals surface area contributed by atoms with E-state index in [1.165, 1.54) is 18.2 Å². The average molecular weight is 262 g/mol. The molecule has 2 rings (SSSR count). The molecule has 0 aliphatic heterocycles. The number of ether oxygens (including phenoxy) is 1. The van der Waals surface area contributed by atoms with Crippen molar-refractivity contribution in [1.29, 1.82) is 5.26 Å². The molecule has 2 aromatic carbocycles. The van der Waals surface area contributed by atoms with E-state index in [1.807, 2.05) is 6.07 Å². The highest BCUT2D eigenvalue weighted by Crippen LogP contribution is 2.21. The Labute approximate surface area is 109 Å². The Hall–Kier alpha value is -2.05. The van der Waals surface area contributed by atoms with Gasteiger partial charge in [-0.15, -0.1) is 0 Å². The molecule has 0 fully saturated rings. The number of hydrogen-bond donors (Lipinski definition) is 0. The SMILES string of the molecule is N#Cc1cccc(COc2ccc(F)c(Cl)c2)c1. The molecule has 0 saturated carbocycles. The zero-order chi connectivity index (χ0) is 13.0. The van der Waals surface area contributed by atoms with Gasteiger partial charge in [-0.2, -0.15) is 5.26 Å². The Morgan fingerprint density at radius 2 is 2.06 bits per heavy atom. The number of halogens is 2. The van der Waals surface area contributed by atoms with Gasteiger partial charge in [-0.25, -0.2) is 4.39 Å². The number of benzene rings is 2. The third-order valence-corrected chi connectivity index (χ3v) is 2.64. The average Bonchev–Trinajstić information content (AvgIpc) is 2.40. The van der Waals surface area contributed by atoms with Crippen LogP contribution in [0.3, 0.4) is 0 Å². The second-order valence-electron chi connectivity index (χ2n) is 3.68. The van der Waals surface area contributed by atoms with Crippen molar-refractivity contribution in [3.05, 3.63) is 64.4 Å². The highest BCUT2D eigenvalue weighted by molar-refractivity contribution is 6.30. The van der Waals surface area contributed by atoms with Crippen molar-refractivity contribution >= 4 is 11.6 Å². The molecule has 0 radical (unpaired) electrons. The van der Waals surface area contributed by atoms with Gasteiger partial charge in [0.2, 0.25) is 0 Å². The van der Waals surface area contributed by atoms with Crippen molar-refractivity contribution in [2.24, 2.45) is 0 Å². The normalized spacial score (nSPS) is 9.83. The molecule has 18 heavy (non-hydrogen) atoms. The van der Waals surface area contributed by atoms with Crippen LogP contribution in [0.25, 0.3) is 0 Å². The zero-order valence-electron chi connectivity index (χ0n) is 9.36. The van der Waals surface area contributed by atoms with E-state index in [-0.39, 0.29) is 5.02 Å². The van der Waals surface area contributed by atoms with Gasteiger partial charge in [-0.05, 0) is 29.8 Å². The van der Waals surface area contributed by atoms with Gasteiger partial charge in [0.15, 0.2) is 0 Å². The molecule has 0 aliphatic rings. The second-order valence-corrected chi connectivity index (χ2v) is 4.08. The van der Waals surface area contributed by atoms with Crippen molar-refractivity contribution in [3.8, 4) is 11.8 Å². The van der Waals surface area contributed by atoms with E-state index in [2.05, 4.69) is 6.07 Å². The van der Waals surface area contributed by atoms with Crippen LogP contribution in [0.4, 0.5) is 4.39 Å². The van der Waals surface area contributed by atoms with Crippen molar-refractivity contribution in [3.63, 3.8) is 0 Å². The van der Waals surface area contributed by atoms with Gasteiger partial charge in [0.1, 0.15) is 18.2 Å². The summed E-state index contributed by atoms with van der Waals surface area (Å²) in [5, 5.41) is 8.79. The lowest BCUT2D eigenvalue weighted by atomic mass is 10.1. The first-order chi connectivity index (χ1) is 8.69. The predicted molar refractivity (Wildman–Crippen MR) is 66.9 cm³/mol. The Morgan fingerprint density at radius 3 is 2.78 bits per heavy atom. The topological polar surface area (TPSA) is 33.0 Å². The second kappa shape index (κ2) is 5.52. The minimum Gasteiger partial charge on any atom is -0.489 e. The third kappa shape index (κ3) is 2.99. The van der Waals surface area contributed by atoms with Gasteiger partial charge < -0.3 is 4.74 Å². The lowest BCUT2D eigenvalue weighted by Crippen LogP contribution is -1.96. The molecular weight excluding hydrogens is 253 g/mol. The first-order valence-corrected chi connectivity index (χ1v) is 5.64. The summed E-state index contributed by atoms with van der Waals surface area (Å²) in [6.45, 7) is 0.303.